The summed E-state index contributed by atoms with van der Waals surface area (Å²) in [4.78, 5) is 35.7. The zero-order valence-electron chi connectivity index (χ0n) is 84.3. The second-order valence-corrected chi connectivity index (χ2v) is 50.6. The van der Waals surface area contributed by atoms with Crippen LogP contribution in [0.25, 0.3) is 16.7 Å². The molecule has 3 aromatic carbocycles. The number of ether oxygens (including phenoxy) is 2. The van der Waals surface area contributed by atoms with E-state index in [4.69, 9.17) is 24.0 Å². The number of hydrogen-bond acceptors (Lipinski definition) is 10. The van der Waals surface area contributed by atoms with E-state index in [1.807, 2.05) is 48.5 Å². The smallest absolute Gasteiger partial charge is 0.337 e. The van der Waals surface area contributed by atoms with Crippen molar-refractivity contribution in [1.29, 1.82) is 0 Å². The summed E-state index contributed by atoms with van der Waals surface area (Å²) >= 11 is 0. The summed E-state index contributed by atoms with van der Waals surface area (Å²) in [6, 6.07) is 32.1. The quantitative estimate of drug-likeness (QED) is 0.0582. The van der Waals surface area contributed by atoms with E-state index in [1.165, 1.54) is 218 Å². The van der Waals surface area contributed by atoms with E-state index < -0.39 is 5.97 Å². The van der Waals surface area contributed by atoms with Crippen molar-refractivity contribution < 1.29 is 37.8 Å². The average molecular weight is 1780 g/mol. The number of carboxylic acid groups (broad SMARTS) is 1. The zero-order valence-corrected chi connectivity index (χ0v) is 84.3. The first-order chi connectivity index (χ1) is 61.8. The number of esters is 2. The Labute approximate surface area is 788 Å². The van der Waals surface area contributed by atoms with Crippen LogP contribution in [0.3, 0.4) is 0 Å². The fraction of sp³-hybridized carbons (Fsp3) is 0.658. The Morgan fingerprint density at radius 1 is 0.374 bits per heavy atom. The molecule has 15 aliphatic carbocycles. The third-order valence-electron chi connectivity index (χ3n) is 45.1. The van der Waals surface area contributed by atoms with Crippen LogP contribution in [0, 0.1) is 154 Å². The van der Waals surface area contributed by atoms with Crippen molar-refractivity contribution in [3.63, 3.8) is 0 Å². The lowest BCUT2D eigenvalue weighted by atomic mass is 9.33. The van der Waals surface area contributed by atoms with Crippen molar-refractivity contribution in [3.8, 4) is 0 Å². The summed E-state index contributed by atoms with van der Waals surface area (Å²) in [6.07, 6.45) is 45.5. The molecule has 0 bridgehead atoms. The van der Waals surface area contributed by atoms with Crippen molar-refractivity contribution in [3.05, 3.63) is 209 Å². The molecule has 0 aliphatic heterocycles. The Hall–Kier alpha value is -7.05. The van der Waals surface area contributed by atoms with Gasteiger partial charge in [0, 0.05) is 16.6 Å². The van der Waals surface area contributed by atoms with Gasteiger partial charge in [-0.2, -0.15) is 0 Å². The molecule has 5 N–H and O–H groups in total. The second kappa shape index (κ2) is 33.1. The number of benzene rings is 3. The van der Waals surface area contributed by atoms with Gasteiger partial charge in [-0.1, -0.05) is 195 Å². The molecule has 5 aromatic rings. The molecule has 131 heavy (non-hydrogen) atoms. The number of rotatable bonds is 15. The van der Waals surface area contributed by atoms with Crippen molar-refractivity contribution in [2.24, 2.45) is 159 Å². The Morgan fingerprint density at radius 3 is 1.00 bits per heavy atom. The number of fused-ring (bicyclic) bond motifs is 21. The van der Waals surface area contributed by atoms with E-state index in [-0.39, 0.29) is 55.6 Å². The van der Waals surface area contributed by atoms with E-state index in [0.717, 1.165) is 49.8 Å². The second-order valence-electron chi connectivity index (χ2n) is 50.6. The normalized spacial score (nSPS) is 42.5. The van der Waals surface area contributed by atoms with Crippen LogP contribution < -0.4 is 16.4 Å². The standard InChI is InChI=1S/C42H57NO3.C41H55NO3.C37H53NO2/c1-27(2)31-17-22-42(43-26-30-10-9-25-46-30)24-23-40(6)33(36(31)42)15-16-35-39(5)20-18-32(28-11-13-29(14-12-28)37(44)45-8)38(3,4)34(39)19-21-41(35,40)7;1-26(2)30-16-21-41(42-25-29-9-8-24-45-29)23-22-39(6)32(35(30)41)14-15-34-38(5)19-17-31(27-10-12-28(13-11-27)36(43)44)37(3,4)33(38)18-20-40(34,39)7;1-23(2)26-15-20-37(38)22-21-35(6)28(31(26)37)13-14-30-34(5)18-16-27(24-9-11-25(12-10-24)32(39)40-8)33(3,4)29(34)17-19-36(30,35)7/h9-14,18,25,31,33-36,43H,1,15-17,19-24,26H2,2-8H3;8-13,17,24,30,32-35,42H,1,14-16,18-23,25H2,2-7H3,(H,43,44);9-12,16,26,28-31H,1,13-15,17-22,38H2,2-8H3/t31-,33+,34-,35+,36+,39-,40+,41+,42-;30-,32+,33-,34+,35+,38-,39+,40+,41-;26-,28+,29-,30+,31+,34-,35+,36+,37-/m000/s1. The highest BCUT2D eigenvalue weighted by Crippen LogP contribution is 2.82. The minimum absolute atomic E-state index is 0.0198. The highest BCUT2D eigenvalue weighted by molar-refractivity contribution is 5.91. The number of carbonyl (C=O) groups excluding carboxylic acids is 2. The van der Waals surface area contributed by atoms with E-state index >= 15 is 0 Å². The molecule has 708 valence electrons. The summed E-state index contributed by atoms with van der Waals surface area (Å²) < 4.78 is 21.5. The summed E-state index contributed by atoms with van der Waals surface area (Å²) in [5.41, 5.74) is 24.3. The molecular weight excluding hydrogens is 1610 g/mol. The van der Waals surface area contributed by atoms with Crippen LogP contribution in [0.1, 0.15) is 357 Å². The number of carboxylic acids is 1. The highest BCUT2D eigenvalue weighted by Gasteiger charge is 2.75. The predicted octanol–water partition coefficient (Wildman–Crippen LogP) is 29.3. The van der Waals surface area contributed by atoms with Gasteiger partial charge < -0.3 is 39.8 Å². The minimum atomic E-state index is -0.859. The average Bonchev–Trinajstić information content (AvgIpc) is 1.65. The Morgan fingerprint density at radius 2 is 0.687 bits per heavy atom. The Balaban J connectivity index is 0.000000132. The molecule has 2 heterocycles. The van der Waals surface area contributed by atoms with Gasteiger partial charge in [0.05, 0.1) is 56.5 Å². The van der Waals surface area contributed by atoms with Crippen molar-refractivity contribution >= 4 is 34.6 Å². The molecule has 0 radical (unpaired) electrons. The molecule has 2 aromatic heterocycles. The molecule has 12 fully saturated rings. The lowest BCUT2D eigenvalue weighted by molar-refractivity contribution is -0.219. The molecule has 11 heteroatoms. The molecule has 12 saturated carbocycles. The van der Waals surface area contributed by atoms with Gasteiger partial charge in [0.1, 0.15) is 11.5 Å². The third kappa shape index (κ3) is 14.2. The fourth-order valence-electron chi connectivity index (χ4n) is 38.4. The topological polar surface area (TPSA) is 166 Å². The van der Waals surface area contributed by atoms with E-state index in [9.17, 15) is 19.5 Å². The van der Waals surface area contributed by atoms with Gasteiger partial charge in [-0.15, -0.1) is 0 Å². The molecule has 0 spiro atoms. The third-order valence-corrected chi connectivity index (χ3v) is 45.1. The van der Waals surface area contributed by atoms with Gasteiger partial charge in [-0.25, -0.2) is 14.4 Å². The maximum Gasteiger partial charge on any atom is 0.337 e. The van der Waals surface area contributed by atoms with Crippen LogP contribution in [-0.2, 0) is 22.6 Å². The molecule has 11 nitrogen and oxygen atoms in total. The Kier molecular flexibility index (Phi) is 23.8. The first-order valence-electron chi connectivity index (χ1n) is 51.9. The van der Waals surface area contributed by atoms with Crippen LogP contribution in [0.2, 0.25) is 0 Å². The number of hydrogen-bond donors (Lipinski definition) is 4. The maximum absolute atomic E-state index is 12.1. The molecular formula is C120H165N3O8. The summed E-state index contributed by atoms with van der Waals surface area (Å²) in [5, 5.41) is 17.7. The number of carbonyl (C=O) groups is 3. The Bertz CT molecular complexity index is 5290. The highest BCUT2D eigenvalue weighted by atomic mass is 16.5. The summed E-state index contributed by atoms with van der Waals surface area (Å²) in [7, 11) is 2.89. The number of aromatic carboxylic acids is 1. The van der Waals surface area contributed by atoms with Crippen LogP contribution in [0.15, 0.2) is 173 Å². The molecule has 0 amide bonds. The molecule has 27 atom stereocenters. The fourth-order valence-corrected chi connectivity index (χ4v) is 38.4. The lowest BCUT2D eigenvalue weighted by Gasteiger charge is -2.72. The van der Waals surface area contributed by atoms with Gasteiger partial charge in [0.25, 0.3) is 0 Å². The monoisotopic (exact) mass is 1780 g/mol. The van der Waals surface area contributed by atoms with E-state index in [2.05, 4.69) is 210 Å². The molecule has 0 unspecified atom stereocenters. The number of allylic oxidation sites excluding steroid dienone is 9. The van der Waals surface area contributed by atoms with Gasteiger partial charge >= 0.3 is 17.9 Å². The van der Waals surface area contributed by atoms with Gasteiger partial charge in [0.15, 0.2) is 0 Å². The van der Waals surface area contributed by atoms with Crippen molar-refractivity contribution in [2.75, 3.05) is 14.2 Å². The minimum Gasteiger partial charge on any atom is -0.478 e. The molecule has 0 saturated heterocycles. The number of furan rings is 2. The summed E-state index contributed by atoms with van der Waals surface area (Å²) in [6.45, 7) is 61.3. The largest absolute Gasteiger partial charge is 0.478 e. The maximum atomic E-state index is 12.1. The number of nitrogens with two attached hydrogens (primary N) is 1. The van der Waals surface area contributed by atoms with Gasteiger partial charge in [-0.3, -0.25) is 0 Å². The van der Waals surface area contributed by atoms with Crippen LogP contribution in [0.4, 0.5) is 0 Å². The SMILES string of the molecule is C=C(C)[C@@H]1CC[C@]2(N)CC[C@]3(C)[C@H](CC[C@@H]4[C@@]5(C)CC=C(c6ccc(C(=O)OC)cc6)C(C)(C)[C@@H]5CC[C@]43C)[C@@H]12.C=C(C)[C@@H]1CC[C@]2(NCc3ccco3)CC[C@]3(C)[C@H](CC[C@@H]4[C@@]5(C)CC=C(c6ccc(C(=O)O)cc6)C(C)(C)[C@@H]5CC[C@]43C)[C@@H]12.C=C(C)[C@@H]1CC[C@]2(NCc3ccco3)CC[C@]3(C)[C@H](CC[C@@H]4[C@@]5(C)CC=C(c6ccc(C(=O)OC)cc6)C(C)(C)[C@@H]5CC[C@]43C)[C@@H]12. The van der Waals surface area contributed by atoms with E-state index in [1.54, 1.807) is 24.7 Å². The van der Waals surface area contributed by atoms with Gasteiger partial charge in [0.2, 0.25) is 0 Å². The molecule has 15 aliphatic rings. The number of nitrogens with one attached hydrogen (secondary N) is 2. The van der Waals surface area contributed by atoms with Crippen LogP contribution >= 0.6 is 0 Å². The number of methoxy groups -OCH3 is 2. The van der Waals surface area contributed by atoms with Crippen LogP contribution in [-0.4, -0.2) is 53.9 Å². The van der Waals surface area contributed by atoms with Crippen LogP contribution in [0.5, 0.6) is 0 Å². The summed E-state index contributed by atoms with van der Waals surface area (Å²) in [5.74, 6) is 10.5. The van der Waals surface area contributed by atoms with Gasteiger partial charge in [-0.05, 0) is 442 Å². The molecule has 20 rings (SSSR count). The van der Waals surface area contributed by atoms with E-state index in [0.29, 0.717) is 137 Å². The zero-order chi connectivity index (χ0) is 93.6. The van der Waals surface area contributed by atoms with Crippen molar-refractivity contribution in [1.82, 2.24) is 10.6 Å². The first kappa shape index (κ1) is 94.3. The first-order valence-corrected chi connectivity index (χ1v) is 51.9. The predicted molar refractivity (Wildman–Crippen MR) is 532 cm³/mol. The lowest BCUT2D eigenvalue weighted by Crippen LogP contribution is -2.67. The van der Waals surface area contributed by atoms with Crippen molar-refractivity contribution in [2.45, 2.75) is 328 Å².